The topological polar surface area (TPSA) is 40.5 Å². The first-order valence-electron chi connectivity index (χ1n) is 5.07. The molecule has 0 aliphatic rings. The lowest BCUT2D eigenvalue weighted by atomic mass is 10.1. The van der Waals surface area contributed by atoms with E-state index < -0.39 is 0 Å². The first-order valence-corrected chi connectivity index (χ1v) is 6.21. The number of aromatic hydroxyl groups is 2. The van der Waals surface area contributed by atoms with Crippen LogP contribution in [-0.2, 0) is 6.42 Å². The summed E-state index contributed by atoms with van der Waals surface area (Å²) in [7, 11) is 0. The molecule has 0 saturated heterocycles. The second kappa shape index (κ2) is 5.85. The Hall–Kier alpha value is -0.310. The van der Waals surface area contributed by atoms with E-state index in [2.05, 4.69) is 6.92 Å². The van der Waals surface area contributed by atoms with Crippen LogP contribution in [0.4, 0.5) is 0 Å². The van der Waals surface area contributed by atoms with E-state index in [1.54, 1.807) is 0 Å². The van der Waals surface area contributed by atoms with Gasteiger partial charge < -0.3 is 10.2 Å². The van der Waals surface area contributed by atoms with Crippen molar-refractivity contribution in [2.75, 3.05) is 0 Å². The number of rotatable bonds is 4. The zero-order valence-electron chi connectivity index (χ0n) is 8.86. The Morgan fingerprint density at radius 1 is 0.875 bits per heavy atom. The molecule has 0 unspecified atom stereocenters. The van der Waals surface area contributed by atoms with Gasteiger partial charge in [-0.05, 0) is 12.8 Å². The first-order chi connectivity index (χ1) is 7.50. The summed E-state index contributed by atoms with van der Waals surface area (Å²) in [6.07, 6.45) is 3.53. The minimum absolute atomic E-state index is 0.0462. The second-order valence-electron chi connectivity index (χ2n) is 3.57. The smallest absolute Gasteiger partial charge is 0.154 e. The molecule has 2 nitrogen and oxygen atoms in total. The summed E-state index contributed by atoms with van der Waals surface area (Å²) >= 11 is 17.4. The van der Waals surface area contributed by atoms with E-state index >= 15 is 0 Å². The fraction of sp³-hybridized carbons (Fsp3) is 0.455. The highest BCUT2D eigenvalue weighted by molar-refractivity contribution is 6.46. The van der Waals surface area contributed by atoms with Gasteiger partial charge in [0.2, 0.25) is 0 Å². The quantitative estimate of drug-likeness (QED) is 0.474. The van der Waals surface area contributed by atoms with Gasteiger partial charge in [-0.1, -0.05) is 54.6 Å². The van der Waals surface area contributed by atoms with Crippen molar-refractivity contribution in [3.8, 4) is 11.5 Å². The lowest BCUT2D eigenvalue weighted by molar-refractivity contribution is 0.453. The van der Waals surface area contributed by atoms with Gasteiger partial charge in [0.25, 0.3) is 0 Å². The van der Waals surface area contributed by atoms with E-state index in [-0.39, 0.29) is 26.6 Å². The van der Waals surface area contributed by atoms with E-state index in [1.165, 1.54) is 0 Å². The van der Waals surface area contributed by atoms with Gasteiger partial charge in [0.15, 0.2) is 5.75 Å². The standard InChI is InChI=1S/C11H13Cl3O2/c1-2-3-4-5-6-7(12)11(16)9(14)8(13)10(6)15/h15-16H,2-5H2,1H3. The first kappa shape index (κ1) is 13.8. The molecule has 2 N–H and O–H groups in total. The van der Waals surface area contributed by atoms with E-state index in [9.17, 15) is 10.2 Å². The number of phenolic OH excluding ortho intramolecular Hbond substituents is 2. The van der Waals surface area contributed by atoms with E-state index in [0.29, 0.717) is 12.0 Å². The molecule has 1 aromatic rings. The van der Waals surface area contributed by atoms with Crippen molar-refractivity contribution in [1.82, 2.24) is 0 Å². The molecule has 1 rings (SSSR count). The zero-order chi connectivity index (χ0) is 12.3. The molecule has 0 radical (unpaired) electrons. The molecule has 0 bridgehead atoms. The molecule has 90 valence electrons. The number of hydrogen-bond acceptors (Lipinski definition) is 2. The van der Waals surface area contributed by atoms with Crippen LogP contribution >= 0.6 is 34.8 Å². The summed E-state index contributed by atoms with van der Waals surface area (Å²) in [5.74, 6) is -0.400. The summed E-state index contributed by atoms with van der Waals surface area (Å²) < 4.78 is 0. The maximum absolute atomic E-state index is 9.77. The molecule has 5 heteroatoms. The number of phenols is 2. The SMILES string of the molecule is CCCCCc1c(O)c(Cl)c(Cl)c(O)c1Cl. The van der Waals surface area contributed by atoms with E-state index in [1.807, 2.05) is 0 Å². The third-order valence-corrected chi connectivity index (χ3v) is 3.64. The van der Waals surface area contributed by atoms with Gasteiger partial charge >= 0.3 is 0 Å². The largest absolute Gasteiger partial charge is 0.506 e. The van der Waals surface area contributed by atoms with Gasteiger partial charge in [-0.15, -0.1) is 0 Å². The highest BCUT2D eigenvalue weighted by Crippen LogP contribution is 2.46. The van der Waals surface area contributed by atoms with Crippen molar-refractivity contribution in [1.29, 1.82) is 0 Å². The fourth-order valence-corrected chi connectivity index (χ4v) is 2.18. The van der Waals surface area contributed by atoms with Crippen LogP contribution in [0.25, 0.3) is 0 Å². The molecule has 0 atom stereocenters. The average Bonchev–Trinajstić information content (AvgIpc) is 2.28. The van der Waals surface area contributed by atoms with Gasteiger partial charge in [0.05, 0.1) is 5.02 Å². The normalized spacial score (nSPS) is 10.8. The number of unbranched alkanes of at least 4 members (excludes halogenated alkanes) is 2. The lowest BCUT2D eigenvalue weighted by Crippen LogP contribution is -1.91. The summed E-state index contributed by atoms with van der Waals surface area (Å²) in [5.41, 5.74) is 0.460. The average molecular weight is 284 g/mol. The highest BCUT2D eigenvalue weighted by Gasteiger charge is 2.19. The monoisotopic (exact) mass is 282 g/mol. The minimum atomic E-state index is -0.266. The molecular formula is C11H13Cl3O2. The molecule has 0 spiro atoms. The predicted octanol–water partition coefficient (Wildman–Crippen LogP) is 4.79. The Balaban J connectivity index is 3.08. The molecule has 0 fully saturated rings. The zero-order valence-corrected chi connectivity index (χ0v) is 11.1. The number of benzene rings is 1. The molecule has 0 amide bonds. The van der Waals surface area contributed by atoms with Crippen LogP contribution < -0.4 is 0 Å². The van der Waals surface area contributed by atoms with Crippen molar-refractivity contribution >= 4 is 34.8 Å². The van der Waals surface area contributed by atoms with Crippen LogP contribution in [0, 0.1) is 0 Å². The summed E-state index contributed by atoms with van der Waals surface area (Å²) in [6, 6.07) is 0. The third kappa shape index (κ3) is 2.68. The summed E-state index contributed by atoms with van der Waals surface area (Å²) in [5, 5.41) is 19.3. The van der Waals surface area contributed by atoms with Crippen molar-refractivity contribution in [2.24, 2.45) is 0 Å². The van der Waals surface area contributed by atoms with E-state index in [0.717, 1.165) is 19.3 Å². The molecule has 0 aromatic heterocycles. The van der Waals surface area contributed by atoms with Crippen molar-refractivity contribution in [3.05, 3.63) is 20.6 Å². The van der Waals surface area contributed by atoms with Gasteiger partial charge in [-0.2, -0.15) is 0 Å². The molecule has 1 aromatic carbocycles. The van der Waals surface area contributed by atoms with Crippen LogP contribution in [0.15, 0.2) is 0 Å². The van der Waals surface area contributed by atoms with Crippen LogP contribution in [0.3, 0.4) is 0 Å². The Morgan fingerprint density at radius 2 is 1.44 bits per heavy atom. The third-order valence-electron chi connectivity index (χ3n) is 2.40. The molecule has 16 heavy (non-hydrogen) atoms. The lowest BCUT2D eigenvalue weighted by Gasteiger charge is -2.12. The molecule has 0 aliphatic heterocycles. The Bertz CT molecular complexity index is 362. The highest BCUT2D eigenvalue weighted by atomic mass is 35.5. The Labute approximate surface area is 110 Å². The van der Waals surface area contributed by atoms with Crippen LogP contribution in [0.5, 0.6) is 11.5 Å². The van der Waals surface area contributed by atoms with Crippen molar-refractivity contribution in [2.45, 2.75) is 32.6 Å². The van der Waals surface area contributed by atoms with Gasteiger partial charge in [0.1, 0.15) is 15.8 Å². The van der Waals surface area contributed by atoms with Gasteiger partial charge in [-0.3, -0.25) is 0 Å². The Kier molecular flexibility index (Phi) is 5.03. The maximum Gasteiger partial charge on any atom is 0.154 e. The molecule has 0 heterocycles. The van der Waals surface area contributed by atoms with Crippen LogP contribution in [0.1, 0.15) is 31.7 Å². The molecule has 0 aliphatic carbocycles. The Morgan fingerprint density at radius 3 is 2.00 bits per heavy atom. The van der Waals surface area contributed by atoms with Crippen LogP contribution in [0.2, 0.25) is 15.1 Å². The summed E-state index contributed by atoms with van der Waals surface area (Å²) in [4.78, 5) is 0. The van der Waals surface area contributed by atoms with E-state index in [4.69, 9.17) is 34.8 Å². The van der Waals surface area contributed by atoms with Crippen molar-refractivity contribution in [3.63, 3.8) is 0 Å². The molecule has 0 saturated carbocycles. The number of halogens is 3. The van der Waals surface area contributed by atoms with Crippen LogP contribution in [-0.4, -0.2) is 10.2 Å². The van der Waals surface area contributed by atoms with Gasteiger partial charge in [-0.25, -0.2) is 0 Å². The predicted molar refractivity (Wildman–Crippen MR) is 68.0 cm³/mol. The maximum atomic E-state index is 9.77. The second-order valence-corrected chi connectivity index (χ2v) is 4.71. The van der Waals surface area contributed by atoms with Crippen molar-refractivity contribution < 1.29 is 10.2 Å². The fourth-order valence-electron chi connectivity index (χ4n) is 1.46. The molecular weight excluding hydrogens is 270 g/mol. The number of hydrogen-bond donors (Lipinski definition) is 2. The van der Waals surface area contributed by atoms with Gasteiger partial charge in [0, 0.05) is 5.56 Å². The summed E-state index contributed by atoms with van der Waals surface area (Å²) in [6.45, 7) is 2.08. The minimum Gasteiger partial charge on any atom is -0.506 e.